The van der Waals surface area contributed by atoms with Gasteiger partial charge in [0.2, 0.25) is 0 Å². The van der Waals surface area contributed by atoms with Crippen molar-refractivity contribution in [2.75, 3.05) is 39.8 Å². The molecule has 1 aliphatic rings. The summed E-state index contributed by atoms with van der Waals surface area (Å²) in [6.45, 7) is 4.41. The van der Waals surface area contributed by atoms with E-state index in [0.29, 0.717) is 6.54 Å². The highest BCUT2D eigenvalue weighted by Gasteiger charge is 2.15. The number of hydrogen-bond donors (Lipinski definition) is 2. The molecule has 0 radical (unpaired) electrons. The molecule has 18 heavy (non-hydrogen) atoms. The number of aliphatic hydroxyl groups excluding tert-OH is 1. The molecule has 1 saturated heterocycles. The molecule has 0 saturated carbocycles. The van der Waals surface area contributed by atoms with E-state index in [4.69, 9.17) is 0 Å². The van der Waals surface area contributed by atoms with Crippen molar-refractivity contribution in [2.45, 2.75) is 6.10 Å². The molecule has 1 aromatic rings. The Morgan fingerprint density at radius 3 is 2.44 bits per heavy atom. The molecule has 0 aromatic heterocycles. The highest BCUT2D eigenvalue weighted by atomic mass is 19.1. The molecule has 0 amide bonds. The number of likely N-dealkylation sites (N-methyl/N-ethyl adjacent to an activating group) is 1. The minimum atomic E-state index is -0.606. The Bertz CT molecular complexity index is 363. The summed E-state index contributed by atoms with van der Waals surface area (Å²) in [6, 6.07) is 5.97. The minimum absolute atomic E-state index is 0.280. The molecule has 0 spiro atoms. The number of piperazine rings is 1. The van der Waals surface area contributed by atoms with Gasteiger partial charge in [-0.25, -0.2) is 9.40 Å². The fourth-order valence-electron chi connectivity index (χ4n) is 1.98. The van der Waals surface area contributed by atoms with Crippen LogP contribution in [0.1, 0.15) is 11.7 Å². The van der Waals surface area contributed by atoms with Crippen molar-refractivity contribution < 1.29 is 9.50 Å². The van der Waals surface area contributed by atoms with Crippen molar-refractivity contribution in [3.05, 3.63) is 35.6 Å². The van der Waals surface area contributed by atoms with Gasteiger partial charge in [-0.05, 0) is 24.7 Å². The minimum Gasteiger partial charge on any atom is -0.387 e. The van der Waals surface area contributed by atoms with Crippen LogP contribution in [-0.2, 0) is 0 Å². The van der Waals surface area contributed by atoms with E-state index in [0.717, 1.165) is 31.7 Å². The highest BCUT2D eigenvalue weighted by Crippen LogP contribution is 2.12. The third-order valence-corrected chi connectivity index (χ3v) is 3.27. The van der Waals surface area contributed by atoms with Crippen LogP contribution in [-0.4, -0.2) is 54.8 Å². The first-order valence-corrected chi connectivity index (χ1v) is 6.25. The maximum absolute atomic E-state index is 12.8. The van der Waals surface area contributed by atoms with E-state index in [1.165, 1.54) is 12.1 Å². The van der Waals surface area contributed by atoms with E-state index >= 15 is 0 Å². The van der Waals surface area contributed by atoms with E-state index in [9.17, 15) is 9.50 Å². The second-order valence-corrected chi connectivity index (χ2v) is 4.72. The van der Waals surface area contributed by atoms with Gasteiger partial charge in [-0.3, -0.25) is 5.43 Å². The zero-order chi connectivity index (χ0) is 13.0. The molecule has 2 N–H and O–H groups in total. The maximum Gasteiger partial charge on any atom is 0.123 e. The van der Waals surface area contributed by atoms with Crippen LogP contribution < -0.4 is 5.43 Å². The lowest BCUT2D eigenvalue weighted by Gasteiger charge is -2.33. The highest BCUT2D eigenvalue weighted by molar-refractivity contribution is 5.18. The van der Waals surface area contributed by atoms with Gasteiger partial charge in [0.15, 0.2) is 0 Å². The molecule has 100 valence electrons. The molecule has 1 atom stereocenters. The summed E-state index contributed by atoms with van der Waals surface area (Å²) in [5.41, 5.74) is 3.95. The Kier molecular flexibility index (Phi) is 4.66. The monoisotopic (exact) mass is 253 g/mol. The van der Waals surface area contributed by atoms with Gasteiger partial charge in [0, 0.05) is 32.7 Å². The molecule has 2 rings (SSSR count). The van der Waals surface area contributed by atoms with Gasteiger partial charge in [0.1, 0.15) is 5.82 Å². The number of hydrazine groups is 1. The second-order valence-electron chi connectivity index (χ2n) is 4.72. The van der Waals surface area contributed by atoms with Crippen LogP contribution in [0.3, 0.4) is 0 Å². The Labute approximate surface area is 107 Å². The van der Waals surface area contributed by atoms with Crippen LogP contribution >= 0.6 is 0 Å². The number of aliphatic hydroxyl groups is 1. The molecule has 5 heteroatoms. The van der Waals surface area contributed by atoms with Crippen LogP contribution in [0.25, 0.3) is 0 Å². The van der Waals surface area contributed by atoms with Crippen LogP contribution in [0, 0.1) is 5.82 Å². The first-order valence-electron chi connectivity index (χ1n) is 6.25. The summed E-state index contributed by atoms with van der Waals surface area (Å²) in [4.78, 5) is 2.27. The molecule has 0 bridgehead atoms. The number of nitrogens with one attached hydrogen (secondary N) is 1. The van der Waals surface area contributed by atoms with Crippen LogP contribution in [0.15, 0.2) is 24.3 Å². The van der Waals surface area contributed by atoms with Crippen molar-refractivity contribution in [2.24, 2.45) is 0 Å². The standard InChI is InChI=1S/C13H20FN3O/c1-16-6-8-17(9-7-16)15-10-13(18)11-2-4-12(14)5-3-11/h2-5,13,15,18H,6-10H2,1H3. The van der Waals surface area contributed by atoms with Gasteiger partial charge >= 0.3 is 0 Å². The summed E-state index contributed by atoms with van der Waals surface area (Å²) >= 11 is 0. The third-order valence-electron chi connectivity index (χ3n) is 3.27. The van der Waals surface area contributed by atoms with Crippen molar-refractivity contribution in [1.82, 2.24) is 15.3 Å². The summed E-state index contributed by atoms with van der Waals surface area (Å²) in [5.74, 6) is -0.280. The number of halogens is 1. The lowest BCUT2D eigenvalue weighted by Crippen LogP contribution is -2.51. The largest absolute Gasteiger partial charge is 0.387 e. The molecule has 1 aliphatic heterocycles. The van der Waals surface area contributed by atoms with Gasteiger partial charge in [-0.1, -0.05) is 12.1 Å². The molecule has 4 nitrogen and oxygen atoms in total. The second kappa shape index (κ2) is 6.24. The number of rotatable bonds is 4. The summed E-state index contributed by atoms with van der Waals surface area (Å²) in [6.07, 6.45) is -0.606. The average Bonchev–Trinajstić information content (AvgIpc) is 2.38. The number of hydrogen-bond acceptors (Lipinski definition) is 4. The summed E-state index contributed by atoms with van der Waals surface area (Å²) in [7, 11) is 2.10. The van der Waals surface area contributed by atoms with Gasteiger partial charge in [0.05, 0.1) is 6.10 Å². The first-order chi connectivity index (χ1) is 8.65. The maximum atomic E-state index is 12.8. The van der Waals surface area contributed by atoms with Gasteiger partial charge in [0.25, 0.3) is 0 Å². The molecule has 1 fully saturated rings. The molecule has 1 aromatic carbocycles. The van der Waals surface area contributed by atoms with Gasteiger partial charge in [-0.2, -0.15) is 0 Å². The summed E-state index contributed by atoms with van der Waals surface area (Å²) in [5, 5.41) is 12.1. The van der Waals surface area contributed by atoms with Crippen molar-refractivity contribution >= 4 is 0 Å². The van der Waals surface area contributed by atoms with Crippen LogP contribution in [0.2, 0.25) is 0 Å². The van der Waals surface area contributed by atoms with Crippen LogP contribution in [0.5, 0.6) is 0 Å². The Balaban J connectivity index is 1.77. The molecular formula is C13H20FN3O. The average molecular weight is 253 g/mol. The molecule has 1 unspecified atom stereocenters. The van der Waals surface area contributed by atoms with E-state index in [-0.39, 0.29) is 5.82 Å². The Hall–Kier alpha value is -1.01. The van der Waals surface area contributed by atoms with Crippen molar-refractivity contribution in [3.8, 4) is 0 Å². The molecule has 1 heterocycles. The summed E-state index contributed by atoms with van der Waals surface area (Å²) < 4.78 is 12.8. The van der Waals surface area contributed by atoms with Crippen molar-refractivity contribution in [1.29, 1.82) is 0 Å². The number of nitrogens with zero attached hydrogens (tertiary/aromatic N) is 2. The predicted octanol–water partition coefficient (Wildman–Crippen LogP) is 0.611. The van der Waals surface area contributed by atoms with Gasteiger partial charge in [-0.15, -0.1) is 0 Å². The van der Waals surface area contributed by atoms with E-state index in [1.54, 1.807) is 12.1 Å². The van der Waals surface area contributed by atoms with Crippen molar-refractivity contribution in [3.63, 3.8) is 0 Å². The van der Waals surface area contributed by atoms with Crippen LogP contribution in [0.4, 0.5) is 4.39 Å². The topological polar surface area (TPSA) is 38.7 Å². The van der Waals surface area contributed by atoms with Gasteiger partial charge < -0.3 is 10.0 Å². The SMILES string of the molecule is CN1CCN(NCC(O)c2ccc(F)cc2)CC1. The Morgan fingerprint density at radius 2 is 1.83 bits per heavy atom. The fourth-order valence-corrected chi connectivity index (χ4v) is 1.98. The normalized spacial score (nSPS) is 19.9. The quantitative estimate of drug-likeness (QED) is 0.825. The fraction of sp³-hybridized carbons (Fsp3) is 0.538. The zero-order valence-electron chi connectivity index (χ0n) is 10.6. The third kappa shape index (κ3) is 3.74. The molecular weight excluding hydrogens is 233 g/mol. The van der Waals surface area contributed by atoms with E-state index in [1.807, 2.05) is 0 Å². The molecule has 0 aliphatic carbocycles. The first kappa shape index (κ1) is 13.4. The van der Waals surface area contributed by atoms with E-state index < -0.39 is 6.10 Å². The van der Waals surface area contributed by atoms with E-state index in [2.05, 4.69) is 22.4 Å². The number of benzene rings is 1. The zero-order valence-corrected chi connectivity index (χ0v) is 10.6. The predicted molar refractivity (Wildman–Crippen MR) is 68.4 cm³/mol. The lowest BCUT2D eigenvalue weighted by atomic mass is 10.1. The smallest absolute Gasteiger partial charge is 0.123 e. The Morgan fingerprint density at radius 1 is 1.22 bits per heavy atom. The lowest BCUT2D eigenvalue weighted by molar-refractivity contribution is 0.0743.